The third-order valence-electron chi connectivity index (χ3n) is 3.95. The van der Waals surface area contributed by atoms with Gasteiger partial charge in [-0.1, -0.05) is 24.3 Å². The molecule has 0 aliphatic carbocycles. The van der Waals surface area contributed by atoms with Crippen molar-refractivity contribution in [1.82, 2.24) is 5.32 Å². The summed E-state index contributed by atoms with van der Waals surface area (Å²) in [4.78, 5) is 37.4. The van der Waals surface area contributed by atoms with Gasteiger partial charge in [-0.3, -0.25) is 9.59 Å². The summed E-state index contributed by atoms with van der Waals surface area (Å²) in [7, 11) is 1.26. The summed E-state index contributed by atoms with van der Waals surface area (Å²) in [6.45, 7) is 1.74. The van der Waals surface area contributed by atoms with Crippen molar-refractivity contribution in [3.63, 3.8) is 0 Å². The minimum absolute atomic E-state index is 0.0519. The Bertz CT molecular complexity index is 821. The third kappa shape index (κ3) is 5.64. The molecule has 1 N–H and O–H groups in total. The number of hydrogen-bond donors (Lipinski definition) is 1. The zero-order valence-corrected chi connectivity index (χ0v) is 15.2. The molecule has 2 amide bonds. The standard InChI is InChI=1S/C20H21FN2O4/c1-14(24)23(18-6-4-3-5-17(18)20(26)27-2)12-11-19(25)22-13-15-7-9-16(21)10-8-15/h3-10H,11-13H2,1-2H3,(H,22,25). The predicted octanol–water partition coefficient (Wildman–Crippen LogP) is 2.67. The van der Waals surface area contributed by atoms with Crippen molar-refractivity contribution in [2.24, 2.45) is 0 Å². The summed E-state index contributed by atoms with van der Waals surface area (Å²) in [6, 6.07) is 12.4. The van der Waals surface area contributed by atoms with Crippen LogP contribution in [0.4, 0.5) is 10.1 Å². The summed E-state index contributed by atoms with van der Waals surface area (Å²) in [5.74, 6) is -1.46. The minimum Gasteiger partial charge on any atom is -0.465 e. The van der Waals surface area contributed by atoms with Crippen LogP contribution in [0.15, 0.2) is 48.5 Å². The predicted molar refractivity (Wildman–Crippen MR) is 98.7 cm³/mol. The number of nitrogens with zero attached hydrogens (tertiary/aromatic N) is 1. The second kappa shape index (κ2) is 9.47. The van der Waals surface area contributed by atoms with Gasteiger partial charge in [0.05, 0.1) is 18.4 Å². The number of benzene rings is 2. The summed E-state index contributed by atoms with van der Waals surface area (Å²) in [5, 5.41) is 2.72. The van der Waals surface area contributed by atoms with Crippen LogP contribution in [0.3, 0.4) is 0 Å². The number of ether oxygens (including phenoxy) is 1. The number of rotatable bonds is 7. The zero-order chi connectivity index (χ0) is 19.8. The molecule has 27 heavy (non-hydrogen) atoms. The lowest BCUT2D eigenvalue weighted by molar-refractivity contribution is -0.121. The molecular formula is C20H21FN2O4. The summed E-state index contributed by atoms with van der Waals surface area (Å²) >= 11 is 0. The number of halogens is 1. The van der Waals surface area contributed by atoms with E-state index in [9.17, 15) is 18.8 Å². The van der Waals surface area contributed by atoms with Crippen LogP contribution in [0.25, 0.3) is 0 Å². The second-order valence-corrected chi connectivity index (χ2v) is 5.83. The summed E-state index contributed by atoms with van der Waals surface area (Å²) in [5.41, 5.74) is 1.41. The molecule has 0 radical (unpaired) electrons. The van der Waals surface area contributed by atoms with Gasteiger partial charge < -0.3 is 15.0 Å². The van der Waals surface area contributed by atoms with Crippen molar-refractivity contribution in [1.29, 1.82) is 0 Å². The molecular weight excluding hydrogens is 351 g/mol. The van der Waals surface area contributed by atoms with Gasteiger partial charge in [0.1, 0.15) is 5.82 Å². The van der Waals surface area contributed by atoms with E-state index in [1.165, 1.54) is 31.1 Å². The molecule has 6 nitrogen and oxygen atoms in total. The maximum Gasteiger partial charge on any atom is 0.339 e. The number of carbonyl (C=O) groups excluding carboxylic acids is 3. The molecule has 0 saturated heterocycles. The number of methoxy groups -OCH3 is 1. The van der Waals surface area contributed by atoms with Gasteiger partial charge in [-0.15, -0.1) is 0 Å². The fourth-order valence-electron chi connectivity index (χ4n) is 2.54. The summed E-state index contributed by atoms with van der Waals surface area (Å²) < 4.78 is 17.6. The summed E-state index contributed by atoms with van der Waals surface area (Å²) in [6.07, 6.45) is 0.0519. The Morgan fingerprint density at radius 3 is 2.37 bits per heavy atom. The van der Waals surface area contributed by atoms with Crippen molar-refractivity contribution < 1.29 is 23.5 Å². The van der Waals surface area contributed by atoms with Crippen molar-refractivity contribution >= 4 is 23.5 Å². The lowest BCUT2D eigenvalue weighted by Gasteiger charge is -2.23. The van der Waals surface area contributed by atoms with Crippen molar-refractivity contribution in [2.45, 2.75) is 19.9 Å². The highest BCUT2D eigenvalue weighted by molar-refractivity contribution is 6.02. The van der Waals surface area contributed by atoms with Crippen LogP contribution in [-0.4, -0.2) is 31.4 Å². The molecule has 0 unspecified atom stereocenters. The Hall–Kier alpha value is -3.22. The van der Waals surface area contributed by atoms with Crippen LogP contribution < -0.4 is 10.2 Å². The fraction of sp³-hybridized carbons (Fsp3) is 0.250. The van der Waals surface area contributed by atoms with Gasteiger partial charge >= 0.3 is 5.97 Å². The van der Waals surface area contributed by atoms with Crippen LogP contribution >= 0.6 is 0 Å². The third-order valence-corrected chi connectivity index (χ3v) is 3.95. The van der Waals surface area contributed by atoms with Crippen LogP contribution in [0.1, 0.15) is 29.3 Å². The molecule has 142 valence electrons. The first-order chi connectivity index (χ1) is 12.9. The van der Waals surface area contributed by atoms with Crippen LogP contribution in [-0.2, 0) is 20.9 Å². The number of anilines is 1. The van der Waals surface area contributed by atoms with E-state index in [0.29, 0.717) is 5.69 Å². The number of carbonyl (C=O) groups is 3. The fourth-order valence-corrected chi connectivity index (χ4v) is 2.54. The molecule has 0 atom stereocenters. The van der Waals surface area contributed by atoms with Gasteiger partial charge in [0.15, 0.2) is 0 Å². The van der Waals surface area contributed by atoms with Crippen molar-refractivity contribution in [3.8, 4) is 0 Å². The Morgan fingerprint density at radius 2 is 1.74 bits per heavy atom. The Labute approximate surface area is 156 Å². The van der Waals surface area contributed by atoms with E-state index >= 15 is 0 Å². The van der Waals surface area contributed by atoms with Gasteiger partial charge in [0.25, 0.3) is 0 Å². The largest absolute Gasteiger partial charge is 0.465 e. The average molecular weight is 372 g/mol. The molecule has 0 bridgehead atoms. The van der Waals surface area contributed by atoms with Crippen LogP contribution in [0.5, 0.6) is 0 Å². The first kappa shape index (κ1) is 20.1. The molecule has 2 rings (SSSR count). The topological polar surface area (TPSA) is 75.7 Å². The lowest BCUT2D eigenvalue weighted by Crippen LogP contribution is -2.34. The van der Waals surface area contributed by atoms with E-state index in [-0.39, 0.29) is 42.7 Å². The second-order valence-electron chi connectivity index (χ2n) is 5.83. The molecule has 0 aliphatic rings. The Kier molecular flexibility index (Phi) is 7.05. The van der Waals surface area contributed by atoms with E-state index in [4.69, 9.17) is 4.74 Å². The molecule has 2 aromatic carbocycles. The number of nitrogens with one attached hydrogen (secondary N) is 1. The molecule has 0 saturated carbocycles. The minimum atomic E-state index is -0.558. The average Bonchev–Trinajstić information content (AvgIpc) is 2.67. The Balaban J connectivity index is 2.00. The molecule has 0 heterocycles. The normalized spacial score (nSPS) is 10.2. The van der Waals surface area contributed by atoms with E-state index in [1.807, 2.05) is 0 Å². The number of esters is 1. The number of amides is 2. The van der Waals surface area contributed by atoms with E-state index in [0.717, 1.165) is 5.56 Å². The smallest absolute Gasteiger partial charge is 0.339 e. The highest BCUT2D eigenvalue weighted by Crippen LogP contribution is 2.21. The Morgan fingerprint density at radius 1 is 1.07 bits per heavy atom. The highest BCUT2D eigenvalue weighted by Gasteiger charge is 2.20. The molecule has 0 aromatic heterocycles. The molecule has 0 fully saturated rings. The van der Waals surface area contributed by atoms with Gasteiger partial charge in [0, 0.05) is 26.4 Å². The van der Waals surface area contributed by atoms with E-state index in [2.05, 4.69) is 5.32 Å². The lowest BCUT2D eigenvalue weighted by atomic mass is 10.1. The first-order valence-electron chi connectivity index (χ1n) is 8.39. The molecule has 2 aromatic rings. The molecule has 7 heteroatoms. The molecule has 0 spiro atoms. The number of hydrogen-bond acceptors (Lipinski definition) is 4. The number of para-hydroxylation sites is 1. The quantitative estimate of drug-likeness (QED) is 0.758. The maximum absolute atomic E-state index is 12.9. The zero-order valence-electron chi connectivity index (χ0n) is 15.2. The first-order valence-corrected chi connectivity index (χ1v) is 8.39. The molecule has 0 aliphatic heterocycles. The van der Waals surface area contributed by atoms with Crippen molar-refractivity contribution in [3.05, 3.63) is 65.5 Å². The van der Waals surface area contributed by atoms with Crippen molar-refractivity contribution in [2.75, 3.05) is 18.6 Å². The SMILES string of the molecule is COC(=O)c1ccccc1N(CCC(=O)NCc1ccc(F)cc1)C(C)=O. The van der Waals surface area contributed by atoms with E-state index < -0.39 is 5.97 Å². The van der Waals surface area contributed by atoms with Gasteiger partial charge in [-0.05, 0) is 29.8 Å². The van der Waals surface area contributed by atoms with E-state index in [1.54, 1.807) is 36.4 Å². The van der Waals surface area contributed by atoms with Gasteiger partial charge in [0.2, 0.25) is 11.8 Å². The van der Waals surface area contributed by atoms with Crippen LogP contribution in [0.2, 0.25) is 0 Å². The monoisotopic (exact) mass is 372 g/mol. The highest BCUT2D eigenvalue weighted by atomic mass is 19.1. The van der Waals surface area contributed by atoms with Gasteiger partial charge in [-0.2, -0.15) is 0 Å². The van der Waals surface area contributed by atoms with Crippen LogP contribution in [0, 0.1) is 5.82 Å². The maximum atomic E-state index is 12.9. The van der Waals surface area contributed by atoms with Gasteiger partial charge in [-0.25, -0.2) is 9.18 Å².